The van der Waals surface area contributed by atoms with E-state index in [2.05, 4.69) is 15.9 Å². The fourth-order valence-corrected chi connectivity index (χ4v) is 2.51. The molecule has 0 aliphatic heterocycles. The van der Waals surface area contributed by atoms with E-state index < -0.39 is 5.97 Å². The first-order valence-electron chi connectivity index (χ1n) is 3.99. The number of thiophene rings is 1. The molecule has 2 nitrogen and oxygen atoms in total. The minimum atomic E-state index is -0.750. The normalized spacial score (nSPS) is 13.2. The van der Waals surface area contributed by atoms with Crippen LogP contribution >= 0.6 is 27.3 Å². The van der Waals surface area contributed by atoms with Gasteiger partial charge in [-0.3, -0.25) is 4.79 Å². The maximum atomic E-state index is 10.9. The monoisotopic (exact) mass is 262 g/mol. The van der Waals surface area contributed by atoms with Crippen LogP contribution in [0.3, 0.4) is 0 Å². The molecule has 1 N–H and O–H groups in total. The molecule has 0 spiro atoms. The number of hydrogen-bond donors (Lipinski definition) is 1. The highest BCUT2D eigenvalue weighted by atomic mass is 79.9. The minimum Gasteiger partial charge on any atom is -0.481 e. The van der Waals surface area contributed by atoms with Gasteiger partial charge in [0.05, 0.1) is 9.70 Å². The van der Waals surface area contributed by atoms with E-state index in [1.165, 1.54) is 11.3 Å². The SMILES string of the molecule is CC(C)C(C(=O)O)c1csc(Br)c1. The maximum Gasteiger partial charge on any atom is 0.311 e. The summed E-state index contributed by atoms with van der Waals surface area (Å²) in [5.41, 5.74) is 0.888. The molecule has 0 saturated heterocycles. The van der Waals surface area contributed by atoms with Crippen LogP contribution in [0.25, 0.3) is 0 Å². The van der Waals surface area contributed by atoms with Crippen molar-refractivity contribution in [2.24, 2.45) is 5.92 Å². The van der Waals surface area contributed by atoms with Crippen LogP contribution in [-0.4, -0.2) is 11.1 Å². The van der Waals surface area contributed by atoms with Crippen LogP contribution in [0.15, 0.2) is 15.2 Å². The minimum absolute atomic E-state index is 0.124. The lowest BCUT2D eigenvalue weighted by molar-refractivity contribution is -0.139. The molecular weight excluding hydrogens is 252 g/mol. The largest absolute Gasteiger partial charge is 0.481 e. The molecule has 0 amide bonds. The molecule has 1 rings (SSSR count). The van der Waals surface area contributed by atoms with E-state index in [0.29, 0.717) is 0 Å². The molecule has 1 atom stereocenters. The van der Waals surface area contributed by atoms with Crippen molar-refractivity contribution in [2.45, 2.75) is 19.8 Å². The summed E-state index contributed by atoms with van der Waals surface area (Å²) in [6.45, 7) is 3.84. The van der Waals surface area contributed by atoms with Gasteiger partial charge in [-0.2, -0.15) is 0 Å². The van der Waals surface area contributed by atoms with Gasteiger partial charge < -0.3 is 5.11 Å². The Morgan fingerprint density at radius 3 is 2.54 bits per heavy atom. The van der Waals surface area contributed by atoms with E-state index in [1.807, 2.05) is 25.3 Å². The summed E-state index contributed by atoms with van der Waals surface area (Å²) in [4.78, 5) is 10.9. The molecular formula is C9H11BrO2S. The molecule has 0 aromatic carbocycles. The first kappa shape index (κ1) is 10.7. The maximum absolute atomic E-state index is 10.9. The molecule has 0 aliphatic carbocycles. The highest BCUT2D eigenvalue weighted by molar-refractivity contribution is 9.11. The summed E-state index contributed by atoms with van der Waals surface area (Å²) in [6, 6.07) is 1.88. The Morgan fingerprint density at radius 2 is 2.23 bits per heavy atom. The van der Waals surface area contributed by atoms with Crippen molar-refractivity contribution < 1.29 is 9.90 Å². The van der Waals surface area contributed by atoms with Crippen LogP contribution in [0.4, 0.5) is 0 Å². The van der Waals surface area contributed by atoms with E-state index in [4.69, 9.17) is 5.11 Å². The van der Waals surface area contributed by atoms with Gasteiger partial charge in [0.1, 0.15) is 0 Å². The molecule has 0 aliphatic rings. The van der Waals surface area contributed by atoms with Gasteiger partial charge in [-0.1, -0.05) is 13.8 Å². The van der Waals surface area contributed by atoms with Crippen molar-refractivity contribution >= 4 is 33.2 Å². The number of carboxylic acid groups (broad SMARTS) is 1. The lowest BCUT2D eigenvalue weighted by atomic mass is 9.91. The second-order valence-corrected chi connectivity index (χ2v) is 5.53. The van der Waals surface area contributed by atoms with Crippen molar-refractivity contribution in [1.82, 2.24) is 0 Å². The van der Waals surface area contributed by atoms with Gasteiger partial charge in [-0.25, -0.2) is 0 Å². The quantitative estimate of drug-likeness (QED) is 0.908. The summed E-state index contributed by atoms with van der Waals surface area (Å²) in [6.07, 6.45) is 0. The molecule has 1 unspecified atom stereocenters. The van der Waals surface area contributed by atoms with Crippen molar-refractivity contribution in [3.63, 3.8) is 0 Å². The fourth-order valence-electron chi connectivity index (χ4n) is 1.30. The highest BCUT2D eigenvalue weighted by Crippen LogP contribution is 2.31. The van der Waals surface area contributed by atoms with Crippen LogP contribution in [0.5, 0.6) is 0 Å². The van der Waals surface area contributed by atoms with Crippen molar-refractivity contribution in [3.8, 4) is 0 Å². The topological polar surface area (TPSA) is 37.3 Å². The van der Waals surface area contributed by atoms with Gasteiger partial charge in [0.25, 0.3) is 0 Å². The lowest BCUT2D eigenvalue weighted by Gasteiger charge is -2.14. The summed E-state index contributed by atoms with van der Waals surface area (Å²) < 4.78 is 0.981. The molecule has 0 fully saturated rings. The molecule has 13 heavy (non-hydrogen) atoms. The van der Waals surface area contributed by atoms with Crippen LogP contribution in [0.2, 0.25) is 0 Å². The second kappa shape index (κ2) is 4.24. The number of hydrogen-bond acceptors (Lipinski definition) is 2. The molecule has 4 heteroatoms. The molecule has 1 aromatic rings. The Bertz CT molecular complexity index is 306. The predicted octanol–water partition coefficient (Wildman–Crippen LogP) is 3.33. The Balaban J connectivity index is 2.95. The number of carbonyl (C=O) groups is 1. The Labute approximate surface area is 89.7 Å². The average molecular weight is 263 g/mol. The number of rotatable bonds is 3. The highest BCUT2D eigenvalue weighted by Gasteiger charge is 2.24. The third-order valence-electron chi connectivity index (χ3n) is 1.88. The summed E-state index contributed by atoms with van der Waals surface area (Å²) in [5.74, 6) is -1.01. The van der Waals surface area contributed by atoms with Crippen LogP contribution in [0, 0.1) is 5.92 Å². The van der Waals surface area contributed by atoms with Crippen molar-refractivity contribution in [3.05, 3.63) is 20.8 Å². The van der Waals surface area contributed by atoms with E-state index in [1.54, 1.807) is 0 Å². The molecule has 0 saturated carbocycles. The average Bonchev–Trinajstić information content (AvgIpc) is 2.34. The van der Waals surface area contributed by atoms with Gasteiger partial charge in [0.15, 0.2) is 0 Å². The molecule has 1 heterocycles. The van der Waals surface area contributed by atoms with E-state index in [0.717, 1.165) is 9.35 Å². The van der Waals surface area contributed by atoms with E-state index >= 15 is 0 Å². The van der Waals surface area contributed by atoms with Crippen LogP contribution < -0.4 is 0 Å². The Hall–Kier alpha value is -0.350. The zero-order valence-corrected chi connectivity index (χ0v) is 9.85. The molecule has 72 valence electrons. The summed E-state index contributed by atoms with van der Waals surface area (Å²) in [7, 11) is 0. The molecule has 0 radical (unpaired) electrons. The fraction of sp³-hybridized carbons (Fsp3) is 0.444. The van der Waals surface area contributed by atoms with Gasteiger partial charge in [0, 0.05) is 0 Å². The number of halogens is 1. The third kappa shape index (κ3) is 2.54. The third-order valence-corrected chi connectivity index (χ3v) is 3.40. The van der Waals surface area contributed by atoms with Gasteiger partial charge in [0.2, 0.25) is 0 Å². The van der Waals surface area contributed by atoms with E-state index in [9.17, 15) is 4.79 Å². The zero-order valence-electron chi connectivity index (χ0n) is 7.45. The van der Waals surface area contributed by atoms with Crippen molar-refractivity contribution in [1.29, 1.82) is 0 Å². The standard InChI is InChI=1S/C9H11BrO2S/c1-5(2)8(9(11)12)6-3-7(10)13-4-6/h3-5,8H,1-2H3,(H,11,12). The molecule has 0 bridgehead atoms. The first-order valence-corrected chi connectivity index (χ1v) is 5.66. The molecule has 1 aromatic heterocycles. The van der Waals surface area contributed by atoms with Crippen LogP contribution in [-0.2, 0) is 4.79 Å². The smallest absolute Gasteiger partial charge is 0.311 e. The Kier molecular flexibility index (Phi) is 3.50. The van der Waals surface area contributed by atoms with Crippen molar-refractivity contribution in [2.75, 3.05) is 0 Å². The Morgan fingerprint density at radius 1 is 1.62 bits per heavy atom. The van der Waals surface area contributed by atoms with E-state index in [-0.39, 0.29) is 11.8 Å². The second-order valence-electron chi connectivity index (χ2n) is 3.24. The lowest BCUT2D eigenvalue weighted by Crippen LogP contribution is -2.16. The zero-order chi connectivity index (χ0) is 10.0. The summed E-state index contributed by atoms with van der Waals surface area (Å²) >= 11 is 4.85. The van der Waals surface area contributed by atoms with Gasteiger partial charge in [-0.15, -0.1) is 11.3 Å². The van der Waals surface area contributed by atoms with Crippen LogP contribution in [0.1, 0.15) is 25.3 Å². The number of carboxylic acids is 1. The van der Waals surface area contributed by atoms with Gasteiger partial charge >= 0.3 is 5.97 Å². The predicted molar refractivity (Wildman–Crippen MR) is 57.2 cm³/mol. The van der Waals surface area contributed by atoms with Gasteiger partial charge in [-0.05, 0) is 38.9 Å². The summed E-state index contributed by atoms with van der Waals surface area (Å²) in [5, 5.41) is 10.9. The number of aliphatic carboxylic acids is 1. The first-order chi connectivity index (χ1) is 6.02.